The Morgan fingerprint density at radius 1 is 0.731 bits per heavy atom. The van der Waals surface area contributed by atoms with Crippen LogP contribution in [0, 0.1) is 5.92 Å². The highest BCUT2D eigenvalue weighted by atomic mass is 32.2. The Balaban J connectivity index is 1.36. The normalized spacial score (nSPS) is 14.1. The molecule has 5 aromatic carbocycles. The highest BCUT2D eigenvalue weighted by Crippen LogP contribution is 2.50. The topological polar surface area (TPSA) is 108 Å². The summed E-state index contributed by atoms with van der Waals surface area (Å²) >= 11 is 1.46. The Morgan fingerprint density at radius 2 is 1.21 bits per heavy atom. The van der Waals surface area contributed by atoms with Crippen LogP contribution in [0.3, 0.4) is 0 Å². The molecule has 7 nitrogen and oxygen atoms in total. The Labute approximate surface area is 309 Å². The highest BCUT2D eigenvalue weighted by molar-refractivity contribution is 8.00. The molecule has 0 bridgehead atoms. The summed E-state index contributed by atoms with van der Waals surface area (Å²) in [5, 5.41) is 2.86. The Bertz CT molecular complexity index is 1950. The fourth-order valence-corrected chi connectivity index (χ4v) is 8.53. The molecule has 0 aromatic heterocycles. The minimum absolute atomic E-state index is 0.0163. The van der Waals surface area contributed by atoms with Gasteiger partial charge in [0.2, 0.25) is 11.6 Å². The Hall–Kier alpha value is -5.18. The van der Waals surface area contributed by atoms with E-state index < -0.39 is 34.0 Å². The molecule has 0 spiro atoms. The SMILES string of the molecule is COc1ccc(C(SC[C@](C)(NC(=O)OCC2c3ccccc3-c3ccccc32)C(=O)C(=O)[C@@H](N)C(C)C)(c2ccccc2)c2ccccc2)cc1. The molecule has 266 valence electrons. The summed E-state index contributed by atoms with van der Waals surface area (Å²) in [5.74, 6) is -1.26. The molecule has 0 fully saturated rings. The van der Waals surface area contributed by atoms with Crippen LogP contribution < -0.4 is 15.8 Å². The number of ether oxygens (including phenoxy) is 2. The van der Waals surface area contributed by atoms with Crippen LogP contribution in [-0.4, -0.2) is 48.7 Å². The second-order valence-electron chi connectivity index (χ2n) is 13.7. The van der Waals surface area contributed by atoms with Gasteiger partial charge in [-0.05, 0) is 63.9 Å². The van der Waals surface area contributed by atoms with Gasteiger partial charge in [0.25, 0.3) is 0 Å². The number of ketones is 2. The van der Waals surface area contributed by atoms with Crippen LogP contribution in [-0.2, 0) is 19.1 Å². The molecule has 1 aliphatic rings. The van der Waals surface area contributed by atoms with Crippen LogP contribution in [0.1, 0.15) is 54.5 Å². The number of Topliss-reactive ketones (excluding diaryl/α,β-unsaturated/α-hetero) is 2. The van der Waals surface area contributed by atoms with Crippen molar-refractivity contribution in [1.82, 2.24) is 5.32 Å². The summed E-state index contributed by atoms with van der Waals surface area (Å²) in [7, 11) is 1.62. The van der Waals surface area contributed by atoms with Crippen molar-refractivity contribution in [2.24, 2.45) is 11.7 Å². The van der Waals surface area contributed by atoms with Gasteiger partial charge in [-0.3, -0.25) is 9.59 Å². The number of methoxy groups -OCH3 is 1. The maximum atomic E-state index is 14.3. The minimum Gasteiger partial charge on any atom is -0.497 e. The Kier molecular flexibility index (Phi) is 11.0. The van der Waals surface area contributed by atoms with Crippen molar-refractivity contribution in [3.05, 3.63) is 161 Å². The number of carbonyl (C=O) groups is 3. The minimum atomic E-state index is -1.68. The number of alkyl carbamates (subject to hydrolysis) is 1. The van der Waals surface area contributed by atoms with E-state index in [2.05, 4.69) is 17.4 Å². The lowest BCUT2D eigenvalue weighted by molar-refractivity contribution is -0.140. The number of thioether (sulfide) groups is 1. The molecular weight excluding hydrogens is 669 g/mol. The van der Waals surface area contributed by atoms with Gasteiger partial charge < -0.3 is 20.5 Å². The molecule has 3 N–H and O–H groups in total. The van der Waals surface area contributed by atoms with Crippen LogP contribution >= 0.6 is 11.8 Å². The molecule has 0 saturated carbocycles. The number of nitrogens with one attached hydrogen (secondary N) is 1. The summed E-state index contributed by atoms with van der Waals surface area (Å²) in [6.07, 6.45) is -0.793. The number of fused-ring (bicyclic) bond motifs is 3. The van der Waals surface area contributed by atoms with Gasteiger partial charge in [0.1, 0.15) is 17.9 Å². The van der Waals surface area contributed by atoms with E-state index >= 15 is 0 Å². The maximum Gasteiger partial charge on any atom is 0.407 e. The number of carbonyl (C=O) groups excluding carboxylic acids is 3. The van der Waals surface area contributed by atoms with Crippen LogP contribution in [0.4, 0.5) is 4.79 Å². The summed E-state index contributed by atoms with van der Waals surface area (Å²) in [4.78, 5) is 41.8. The molecule has 1 amide bonds. The van der Waals surface area contributed by atoms with Gasteiger partial charge in [0.15, 0.2) is 0 Å². The fourth-order valence-electron chi connectivity index (χ4n) is 6.92. The summed E-state index contributed by atoms with van der Waals surface area (Å²) in [6, 6.07) is 42.9. The maximum absolute atomic E-state index is 14.3. The molecule has 5 aromatic rings. The molecule has 6 rings (SSSR count). The van der Waals surface area contributed by atoms with E-state index in [1.807, 2.05) is 121 Å². The standard InChI is InChI=1S/C44H44N2O5S/c1-29(2)39(45)40(47)41(48)43(3,46-42(49)51-27-38-36-21-13-11-19-34(36)35-20-12-14-22-37(35)38)28-52-44(30-15-7-5-8-16-30,31-17-9-6-10-18-31)32-23-25-33(50-4)26-24-32/h5-26,29,38-39H,27-28,45H2,1-4H3,(H,46,49)/t39-,43-/m0/s1. The first-order valence-corrected chi connectivity index (χ1v) is 18.4. The summed E-state index contributed by atoms with van der Waals surface area (Å²) in [5.41, 5.74) is 11.8. The number of rotatable bonds is 14. The largest absolute Gasteiger partial charge is 0.497 e. The second kappa shape index (κ2) is 15.6. The number of amides is 1. The molecule has 0 aliphatic heterocycles. The predicted molar refractivity (Wildman–Crippen MR) is 208 cm³/mol. The lowest BCUT2D eigenvalue weighted by Crippen LogP contribution is -2.60. The van der Waals surface area contributed by atoms with Gasteiger partial charge in [-0.25, -0.2) is 4.79 Å². The molecule has 52 heavy (non-hydrogen) atoms. The van der Waals surface area contributed by atoms with E-state index in [1.165, 1.54) is 11.8 Å². The first-order valence-electron chi connectivity index (χ1n) is 17.5. The van der Waals surface area contributed by atoms with Gasteiger partial charge in [-0.15, -0.1) is 11.8 Å². The van der Waals surface area contributed by atoms with Crippen LogP contribution in [0.2, 0.25) is 0 Å². The van der Waals surface area contributed by atoms with Gasteiger partial charge in [-0.2, -0.15) is 0 Å². The van der Waals surface area contributed by atoms with E-state index in [-0.39, 0.29) is 24.2 Å². The summed E-state index contributed by atoms with van der Waals surface area (Å²) in [6.45, 7) is 5.23. The molecule has 0 heterocycles. The third-order valence-corrected chi connectivity index (χ3v) is 11.8. The zero-order chi connectivity index (χ0) is 36.9. The average Bonchev–Trinajstić information content (AvgIpc) is 3.50. The van der Waals surface area contributed by atoms with Crippen molar-refractivity contribution in [3.8, 4) is 16.9 Å². The van der Waals surface area contributed by atoms with Gasteiger partial charge in [0, 0.05) is 11.7 Å². The number of hydrogen-bond donors (Lipinski definition) is 2. The number of benzene rings is 5. The van der Waals surface area contributed by atoms with Crippen molar-refractivity contribution in [2.75, 3.05) is 19.5 Å². The van der Waals surface area contributed by atoms with Crippen molar-refractivity contribution in [1.29, 1.82) is 0 Å². The zero-order valence-electron chi connectivity index (χ0n) is 29.9. The molecule has 0 unspecified atom stereocenters. The van der Waals surface area contributed by atoms with E-state index in [4.69, 9.17) is 15.2 Å². The van der Waals surface area contributed by atoms with Crippen molar-refractivity contribution >= 4 is 29.4 Å². The Morgan fingerprint density at radius 3 is 1.71 bits per heavy atom. The first-order chi connectivity index (χ1) is 25.1. The monoisotopic (exact) mass is 712 g/mol. The third kappa shape index (κ3) is 7.14. The predicted octanol–water partition coefficient (Wildman–Crippen LogP) is 8.14. The van der Waals surface area contributed by atoms with Crippen molar-refractivity contribution in [3.63, 3.8) is 0 Å². The highest BCUT2D eigenvalue weighted by Gasteiger charge is 2.46. The molecule has 0 saturated heterocycles. The lowest BCUT2D eigenvalue weighted by atomic mass is 9.84. The van der Waals surface area contributed by atoms with Crippen molar-refractivity contribution < 1.29 is 23.9 Å². The average molecular weight is 713 g/mol. The van der Waals surface area contributed by atoms with Gasteiger partial charge in [-0.1, -0.05) is 135 Å². The fraction of sp³-hybridized carbons (Fsp3) is 0.250. The van der Waals surface area contributed by atoms with E-state index in [9.17, 15) is 14.4 Å². The van der Waals surface area contributed by atoms with Crippen LogP contribution in [0.15, 0.2) is 133 Å². The molecule has 8 heteroatoms. The van der Waals surface area contributed by atoms with Crippen LogP contribution in [0.25, 0.3) is 11.1 Å². The number of hydrogen-bond acceptors (Lipinski definition) is 7. The van der Waals surface area contributed by atoms with Crippen molar-refractivity contribution in [2.45, 2.75) is 43.0 Å². The quantitative estimate of drug-likeness (QED) is 0.0884. The van der Waals surface area contributed by atoms with E-state index in [0.29, 0.717) is 5.75 Å². The first kappa shape index (κ1) is 36.6. The van der Waals surface area contributed by atoms with Crippen LogP contribution in [0.5, 0.6) is 5.75 Å². The third-order valence-electron chi connectivity index (χ3n) is 9.90. The lowest BCUT2D eigenvalue weighted by Gasteiger charge is -2.39. The molecule has 0 radical (unpaired) electrons. The van der Waals surface area contributed by atoms with E-state index in [0.717, 1.165) is 38.9 Å². The summed E-state index contributed by atoms with van der Waals surface area (Å²) < 4.78 is 10.5. The second-order valence-corrected chi connectivity index (χ2v) is 14.9. The number of nitrogens with two attached hydrogens (primary N) is 1. The molecule has 2 atom stereocenters. The molecular formula is C44H44N2O5S. The van der Waals surface area contributed by atoms with Gasteiger partial charge >= 0.3 is 6.09 Å². The van der Waals surface area contributed by atoms with E-state index in [1.54, 1.807) is 27.9 Å². The zero-order valence-corrected chi connectivity index (χ0v) is 30.7. The smallest absolute Gasteiger partial charge is 0.407 e. The van der Waals surface area contributed by atoms with Gasteiger partial charge in [0.05, 0.1) is 17.9 Å². The molecule has 1 aliphatic carbocycles.